The van der Waals surface area contributed by atoms with Gasteiger partial charge in [0.05, 0.1) is 8.95 Å². The molecule has 1 aliphatic rings. The van der Waals surface area contributed by atoms with Crippen LogP contribution >= 0.6 is 47.8 Å². The first-order valence-electron chi connectivity index (χ1n) is 10.3. The highest BCUT2D eigenvalue weighted by Gasteiger charge is 2.24. The lowest BCUT2D eigenvalue weighted by atomic mass is 10.0. The minimum atomic E-state index is -0.473. The van der Waals surface area contributed by atoms with E-state index in [1.807, 2.05) is 60.7 Å². The molecule has 33 heavy (non-hydrogen) atoms. The maximum absolute atomic E-state index is 12.4. The first kappa shape index (κ1) is 23.9. The van der Waals surface area contributed by atoms with Crippen LogP contribution in [0.5, 0.6) is 5.75 Å². The third-order valence-electron chi connectivity index (χ3n) is 5.10. The smallest absolute Gasteiger partial charge is 0.363 e. The zero-order valence-electron chi connectivity index (χ0n) is 17.9. The van der Waals surface area contributed by atoms with Crippen molar-refractivity contribution in [3.05, 3.63) is 102 Å². The van der Waals surface area contributed by atoms with Crippen LogP contribution in [0.1, 0.15) is 42.0 Å². The van der Waals surface area contributed by atoms with E-state index in [1.165, 1.54) is 5.56 Å². The number of hydrogen-bond donors (Lipinski definition) is 0. The molecule has 7 heteroatoms. The molecule has 0 aromatic heterocycles. The molecule has 0 N–H and O–H groups in total. The number of rotatable bonds is 6. The van der Waals surface area contributed by atoms with Crippen LogP contribution < -0.4 is 4.74 Å². The fourth-order valence-corrected chi connectivity index (χ4v) is 5.12. The summed E-state index contributed by atoms with van der Waals surface area (Å²) in [5.74, 6) is 0.949. The summed E-state index contributed by atoms with van der Waals surface area (Å²) in [6, 6.07) is 19.6. The van der Waals surface area contributed by atoms with Gasteiger partial charge < -0.3 is 9.47 Å². The van der Waals surface area contributed by atoms with Crippen LogP contribution in [0.25, 0.3) is 6.08 Å². The van der Waals surface area contributed by atoms with Crippen molar-refractivity contribution in [1.82, 2.24) is 0 Å². The molecule has 4 nitrogen and oxygen atoms in total. The van der Waals surface area contributed by atoms with E-state index in [2.05, 4.69) is 66.6 Å². The van der Waals surface area contributed by atoms with Gasteiger partial charge in [0.25, 0.3) is 0 Å². The SMILES string of the molecule is CC(C)c1ccc(C2=N/C(=C\c3cc(Br)c(OCc4ccccc4Br)c(Br)c3)C(=O)O2)cc1. The summed E-state index contributed by atoms with van der Waals surface area (Å²) >= 11 is 10.7. The van der Waals surface area contributed by atoms with Gasteiger partial charge in [-0.3, -0.25) is 0 Å². The molecule has 0 spiro atoms. The molecule has 0 atom stereocenters. The number of carbonyl (C=O) groups excluding carboxylic acids is 1. The Balaban J connectivity index is 1.54. The Labute approximate surface area is 218 Å². The molecule has 0 amide bonds. The highest BCUT2D eigenvalue weighted by molar-refractivity contribution is 9.11. The molecule has 1 aliphatic heterocycles. The molecule has 0 fully saturated rings. The first-order chi connectivity index (χ1) is 15.8. The van der Waals surface area contributed by atoms with Crippen molar-refractivity contribution in [3.8, 4) is 5.75 Å². The Kier molecular flexibility index (Phi) is 7.51. The normalized spacial score (nSPS) is 14.5. The number of hydrogen-bond acceptors (Lipinski definition) is 4. The molecular weight excluding hydrogens is 614 g/mol. The molecule has 0 aliphatic carbocycles. The lowest BCUT2D eigenvalue weighted by molar-refractivity contribution is -0.129. The number of aliphatic imine (C=N–C) groups is 1. The fourth-order valence-electron chi connectivity index (χ4n) is 3.27. The van der Waals surface area contributed by atoms with Gasteiger partial charge in [0.15, 0.2) is 5.70 Å². The van der Waals surface area contributed by atoms with Gasteiger partial charge >= 0.3 is 5.97 Å². The lowest BCUT2D eigenvalue weighted by Gasteiger charge is -2.12. The topological polar surface area (TPSA) is 47.9 Å². The highest BCUT2D eigenvalue weighted by Crippen LogP contribution is 2.36. The zero-order chi connectivity index (χ0) is 23.5. The quantitative estimate of drug-likeness (QED) is 0.204. The van der Waals surface area contributed by atoms with Crippen molar-refractivity contribution < 1.29 is 14.3 Å². The maximum Gasteiger partial charge on any atom is 0.363 e. The summed E-state index contributed by atoms with van der Waals surface area (Å²) in [7, 11) is 0. The van der Waals surface area contributed by atoms with Gasteiger partial charge in [0.2, 0.25) is 5.90 Å². The number of nitrogens with zero attached hydrogens (tertiary/aromatic N) is 1. The number of esters is 1. The molecule has 0 bridgehead atoms. The molecule has 0 saturated heterocycles. The predicted octanol–water partition coefficient (Wildman–Crippen LogP) is 8.02. The molecule has 3 aromatic carbocycles. The summed E-state index contributed by atoms with van der Waals surface area (Å²) < 4.78 is 13.9. The zero-order valence-corrected chi connectivity index (χ0v) is 22.7. The van der Waals surface area contributed by atoms with Gasteiger partial charge in [-0.1, -0.05) is 60.1 Å². The number of carbonyl (C=O) groups is 1. The molecule has 3 aromatic rings. The second-order valence-corrected chi connectivity index (χ2v) is 10.4. The standard InChI is InChI=1S/C26H20Br3NO3/c1-15(2)17-7-9-18(10-8-17)25-30-23(26(31)33-25)13-16-11-21(28)24(22(29)12-16)32-14-19-5-3-4-6-20(19)27/h3-13,15H,14H2,1-2H3/b23-13-. The third-order valence-corrected chi connectivity index (χ3v) is 7.05. The Morgan fingerprint density at radius 2 is 1.64 bits per heavy atom. The molecule has 0 radical (unpaired) electrons. The van der Waals surface area contributed by atoms with Crippen LogP contribution in [0.15, 0.2) is 84.8 Å². The minimum Gasteiger partial charge on any atom is -0.486 e. The largest absolute Gasteiger partial charge is 0.486 e. The summed E-state index contributed by atoms with van der Waals surface area (Å²) in [6.45, 7) is 4.68. The molecular formula is C26H20Br3NO3. The van der Waals surface area contributed by atoms with E-state index < -0.39 is 5.97 Å². The van der Waals surface area contributed by atoms with E-state index in [0.29, 0.717) is 24.2 Å². The summed E-state index contributed by atoms with van der Waals surface area (Å²) in [5, 5.41) is 0. The van der Waals surface area contributed by atoms with Crippen LogP contribution in [0, 0.1) is 0 Å². The van der Waals surface area contributed by atoms with E-state index in [-0.39, 0.29) is 5.70 Å². The van der Waals surface area contributed by atoms with Crippen molar-refractivity contribution in [2.45, 2.75) is 26.4 Å². The van der Waals surface area contributed by atoms with Crippen LogP contribution in [-0.2, 0) is 16.1 Å². The van der Waals surface area contributed by atoms with E-state index in [9.17, 15) is 4.79 Å². The van der Waals surface area contributed by atoms with Crippen molar-refractivity contribution in [2.75, 3.05) is 0 Å². The number of benzene rings is 3. The van der Waals surface area contributed by atoms with Gasteiger partial charge in [-0.2, -0.15) is 0 Å². The summed E-state index contributed by atoms with van der Waals surface area (Å²) in [6.07, 6.45) is 1.70. The number of ether oxygens (including phenoxy) is 2. The van der Waals surface area contributed by atoms with Gasteiger partial charge in [-0.15, -0.1) is 0 Å². The number of halogens is 3. The summed E-state index contributed by atoms with van der Waals surface area (Å²) in [5.41, 5.74) is 4.07. The van der Waals surface area contributed by atoms with Gasteiger partial charge in [-0.05, 0) is 85.3 Å². The van der Waals surface area contributed by atoms with Gasteiger partial charge in [-0.25, -0.2) is 9.79 Å². The van der Waals surface area contributed by atoms with E-state index in [4.69, 9.17) is 9.47 Å². The molecule has 1 heterocycles. The lowest BCUT2D eigenvalue weighted by Crippen LogP contribution is -2.05. The molecule has 0 unspecified atom stereocenters. The van der Waals surface area contributed by atoms with Crippen LogP contribution in [0.4, 0.5) is 0 Å². The fraction of sp³-hybridized carbons (Fsp3) is 0.154. The Morgan fingerprint density at radius 3 is 2.27 bits per heavy atom. The Hall–Kier alpha value is -2.22. The summed E-state index contributed by atoms with van der Waals surface area (Å²) in [4.78, 5) is 16.8. The van der Waals surface area contributed by atoms with Crippen molar-refractivity contribution >= 4 is 65.7 Å². The van der Waals surface area contributed by atoms with Gasteiger partial charge in [0.1, 0.15) is 12.4 Å². The molecule has 4 rings (SSSR count). The average molecular weight is 634 g/mol. The van der Waals surface area contributed by atoms with Crippen molar-refractivity contribution in [2.24, 2.45) is 4.99 Å². The third kappa shape index (κ3) is 5.65. The monoisotopic (exact) mass is 631 g/mol. The van der Waals surface area contributed by atoms with Gasteiger partial charge in [0, 0.05) is 15.6 Å². The number of cyclic esters (lactones) is 1. The first-order valence-corrected chi connectivity index (χ1v) is 12.7. The second-order valence-electron chi connectivity index (χ2n) is 7.81. The molecule has 168 valence electrons. The van der Waals surface area contributed by atoms with Crippen LogP contribution in [0.2, 0.25) is 0 Å². The second kappa shape index (κ2) is 10.4. The van der Waals surface area contributed by atoms with Crippen LogP contribution in [0.3, 0.4) is 0 Å². The minimum absolute atomic E-state index is 0.249. The van der Waals surface area contributed by atoms with E-state index in [1.54, 1.807) is 6.08 Å². The Morgan fingerprint density at radius 1 is 0.970 bits per heavy atom. The maximum atomic E-state index is 12.4. The van der Waals surface area contributed by atoms with Crippen molar-refractivity contribution in [3.63, 3.8) is 0 Å². The van der Waals surface area contributed by atoms with Crippen LogP contribution in [-0.4, -0.2) is 11.9 Å². The van der Waals surface area contributed by atoms with Crippen molar-refractivity contribution in [1.29, 1.82) is 0 Å². The molecule has 0 saturated carbocycles. The predicted molar refractivity (Wildman–Crippen MR) is 141 cm³/mol. The average Bonchev–Trinajstić information content (AvgIpc) is 3.14. The van der Waals surface area contributed by atoms with E-state index >= 15 is 0 Å². The Bertz CT molecular complexity index is 1240. The van der Waals surface area contributed by atoms with E-state index in [0.717, 1.165) is 30.1 Å². The highest BCUT2D eigenvalue weighted by atomic mass is 79.9.